The van der Waals surface area contributed by atoms with Crippen molar-refractivity contribution >= 4 is 39.1 Å². The van der Waals surface area contributed by atoms with Crippen LogP contribution in [0.1, 0.15) is 69.0 Å². The average Bonchev–Trinajstić information content (AvgIpc) is 3.69. The van der Waals surface area contributed by atoms with Crippen molar-refractivity contribution in [3.8, 4) is 0 Å². The van der Waals surface area contributed by atoms with Crippen LogP contribution in [0.4, 0.5) is 0 Å². The van der Waals surface area contributed by atoms with E-state index in [1.807, 2.05) is 49.1 Å². The monoisotopic (exact) mass is 549 g/mol. The summed E-state index contributed by atoms with van der Waals surface area (Å²) in [5.74, 6) is -0.125. The standard InChI is InChI=1S/C27H33Cl2N3O3S/c1-4-12-27(3)14-24(19-13-21(29)16-30-15-19)25(18-6-8-20(28)9-7-18)32(26(27)33)22(5-2)17-31-36(34,35)23-10-11-23/h4,6-9,13,15-16,22-25,31H,1,5,10-12,14,17H2,2-3H3/t22-,24-,25-,27+/m1/s1. The van der Waals surface area contributed by atoms with Gasteiger partial charge in [0.1, 0.15) is 0 Å². The third kappa shape index (κ3) is 5.64. The van der Waals surface area contributed by atoms with Crippen LogP contribution in [0.2, 0.25) is 10.0 Å². The van der Waals surface area contributed by atoms with Crippen LogP contribution >= 0.6 is 23.2 Å². The summed E-state index contributed by atoms with van der Waals surface area (Å²) in [4.78, 5) is 20.5. The fourth-order valence-electron chi connectivity index (χ4n) is 5.33. The first kappa shape index (κ1) is 27.1. The zero-order chi connectivity index (χ0) is 26.1. The molecule has 6 nitrogen and oxygen atoms in total. The third-order valence-electron chi connectivity index (χ3n) is 7.41. The highest BCUT2D eigenvalue weighted by Crippen LogP contribution is 2.52. The Morgan fingerprint density at radius 3 is 2.47 bits per heavy atom. The van der Waals surface area contributed by atoms with Crippen LogP contribution in [-0.2, 0) is 14.8 Å². The molecule has 0 bridgehead atoms. The Balaban J connectivity index is 1.82. The molecule has 9 heteroatoms. The van der Waals surface area contributed by atoms with E-state index >= 15 is 0 Å². The summed E-state index contributed by atoms with van der Waals surface area (Å²) in [6, 6.07) is 8.74. The molecule has 36 heavy (non-hydrogen) atoms. The molecule has 1 N–H and O–H groups in total. The predicted molar refractivity (Wildman–Crippen MR) is 145 cm³/mol. The van der Waals surface area contributed by atoms with Crippen LogP contribution in [0.15, 0.2) is 55.4 Å². The van der Waals surface area contributed by atoms with Crippen LogP contribution in [-0.4, -0.2) is 42.0 Å². The van der Waals surface area contributed by atoms with Gasteiger partial charge in [0.15, 0.2) is 0 Å². The molecule has 4 rings (SSSR count). The molecule has 2 heterocycles. The number of nitrogens with zero attached hydrogens (tertiary/aromatic N) is 2. The quantitative estimate of drug-likeness (QED) is 0.375. The lowest BCUT2D eigenvalue weighted by molar-refractivity contribution is -0.154. The van der Waals surface area contributed by atoms with Crippen LogP contribution in [0, 0.1) is 5.41 Å². The molecule has 2 aliphatic rings. The minimum Gasteiger partial charge on any atom is -0.330 e. The maximum Gasteiger partial charge on any atom is 0.229 e. The molecule has 2 aromatic rings. The van der Waals surface area contributed by atoms with Crippen molar-refractivity contribution in [3.05, 3.63) is 76.6 Å². The Labute approximate surface area is 224 Å². The second-order valence-electron chi connectivity index (χ2n) is 10.2. The van der Waals surface area contributed by atoms with Gasteiger partial charge in [-0.3, -0.25) is 9.78 Å². The number of hydrogen-bond acceptors (Lipinski definition) is 4. The minimum atomic E-state index is -3.40. The van der Waals surface area contributed by atoms with Gasteiger partial charge < -0.3 is 4.90 Å². The normalized spacial score (nSPS) is 25.6. The van der Waals surface area contributed by atoms with Crippen molar-refractivity contribution in [2.24, 2.45) is 5.41 Å². The maximum absolute atomic E-state index is 14.2. The third-order valence-corrected chi connectivity index (χ3v) is 9.79. The lowest BCUT2D eigenvalue weighted by Gasteiger charge is -2.52. The van der Waals surface area contributed by atoms with Gasteiger partial charge >= 0.3 is 0 Å². The van der Waals surface area contributed by atoms with E-state index in [0.717, 1.165) is 11.1 Å². The summed E-state index contributed by atoms with van der Waals surface area (Å²) in [7, 11) is -3.40. The van der Waals surface area contributed by atoms with E-state index in [0.29, 0.717) is 42.1 Å². The van der Waals surface area contributed by atoms with Gasteiger partial charge in [0.25, 0.3) is 0 Å². The Hall–Kier alpha value is -1.93. The SMILES string of the molecule is C=CC[C@@]1(C)C[C@H](c2cncc(Cl)c2)[C@@H](c2ccc(Cl)cc2)N([C@H](CC)CNS(=O)(=O)C2CC2)C1=O. The van der Waals surface area contributed by atoms with Crippen molar-refractivity contribution in [1.29, 1.82) is 0 Å². The summed E-state index contributed by atoms with van der Waals surface area (Å²) in [5.41, 5.74) is 1.16. The minimum absolute atomic E-state index is 0.00828. The molecule has 1 aliphatic carbocycles. The highest BCUT2D eigenvalue weighted by atomic mass is 35.5. The van der Waals surface area contributed by atoms with E-state index in [-0.39, 0.29) is 35.7 Å². The highest BCUT2D eigenvalue weighted by Gasteiger charge is 2.51. The number of nitrogens with one attached hydrogen (secondary N) is 1. The molecule has 0 unspecified atom stereocenters. The number of benzene rings is 1. The van der Waals surface area contributed by atoms with Crippen LogP contribution < -0.4 is 4.72 Å². The topological polar surface area (TPSA) is 79.4 Å². The summed E-state index contributed by atoms with van der Waals surface area (Å²) < 4.78 is 28.1. The van der Waals surface area contributed by atoms with Crippen LogP contribution in [0.5, 0.6) is 0 Å². The Morgan fingerprint density at radius 1 is 1.19 bits per heavy atom. The van der Waals surface area contributed by atoms with Crippen molar-refractivity contribution in [3.63, 3.8) is 0 Å². The van der Waals surface area contributed by atoms with E-state index in [9.17, 15) is 13.2 Å². The second-order valence-corrected chi connectivity index (χ2v) is 13.1. The maximum atomic E-state index is 14.2. The number of aromatic nitrogens is 1. The average molecular weight is 551 g/mol. The highest BCUT2D eigenvalue weighted by molar-refractivity contribution is 7.90. The number of carbonyl (C=O) groups is 1. The molecule has 0 spiro atoms. The number of carbonyl (C=O) groups excluding carboxylic acids is 1. The largest absolute Gasteiger partial charge is 0.330 e. The number of allylic oxidation sites excluding steroid dienone is 1. The van der Waals surface area contributed by atoms with Gasteiger partial charge in [0.2, 0.25) is 15.9 Å². The van der Waals surface area contributed by atoms with E-state index in [2.05, 4.69) is 16.3 Å². The smallest absolute Gasteiger partial charge is 0.229 e. The molecule has 194 valence electrons. The Morgan fingerprint density at radius 2 is 1.89 bits per heavy atom. The fraction of sp³-hybridized carbons (Fsp3) is 0.481. The molecule has 4 atom stereocenters. The first-order chi connectivity index (χ1) is 17.1. The molecule has 0 radical (unpaired) electrons. The number of piperidine rings is 1. The van der Waals surface area contributed by atoms with E-state index in [1.165, 1.54) is 0 Å². The molecule has 1 aromatic heterocycles. The summed E-state index contributed by atoms with van der Waals surface area (Å²) in [5, 5.41) is 0.810. The summed E-state index contributed by atoms with van der Waals surface area (Å²) >= 11 is 12.6. The molecular weight excluding hydrogens is 517 g/mol. The van der Waals surface area contributed by atoms with Gasteiger partial charge in [-0.1, -0.05) is 55.3 Å². The molecule has 1 saturated heterocycles. The van der Waals surface area contributed by atoms with Crippen LogP contribution in [0.25, 0.3) is 0 Å². The first-order valence-electron chi connectivity index (χ1n) is 12.4. The molecule has 2 fully saturated rings. The molecule has 1 aliphatic heterocycles. The number of amides is 1. The van der Waals surface area contributed by atoms with E-state index in [4.69, 9.17) is 23.2 Å². The van der Waals surface area contributed by atoms with Gasteiger partial charge in [0.05, 0.1) is 21.7 Å². The lowest BCUT2D eigenvalue weighted by Crippen LogP contribution is -2.57. The molecular formula is C27H33Cl2N3O3S. The number of hydrogen-bond donors (Lipinski definition) is 1. The Kier molecular flexibility index (Phi) is 8.15. The lowest BCUT2D eigenvalue weighted by atomic mass is 9.67. The van der Waals surface area contributed by atoms with E-state index in [1.54, 1.807) is 18.5 Å². The van der Waals surface area contributed by atoms with Gasteiger partial charge in [-0.15, -0.1) is 6.58 Å². The van der Waals surface area contributed by atoms with Gasteiger partial charge in [0, 0.05) is 35.9 Å². The number of likely N-dealkylation sites (tertiary alicyclic amines) is 1. The van der Waals surface area contributed by atoms with E-state index < -0.39 is 15.4 Å². The first-order valence-corrected chi connectivity index (χ1v) is 14.7. The van der Waals surface area contributed by atoms with Crippen molar-refractivity contribution < 1.29 is 13.2 Å². The predicted octanol–water partition coefficient (Wildman–Crippen LogP) is 5.89. The zero-order valence-corrected chi connectivity index (χ0v) is 23.0. The number of pyridine rings is 1. The summed E-state index contributed by atoms with van der Waals surface area (Å²) in [6.45, 7) is 8.02. The van der Waals surface area contributed by atoms with Crippen molar-refractivity contribution in [2.45, 2.75) is 69.2 Å². The van der Waals surface area contributed by atoms with Gasteiger partial charge in [-0.2, -0.15) is 0 Å². The Bertz CT molecular complexity index is 1220. The number of halogens is 2. The van der Waals surface area contributed by atoms with Crippen LogP contribution in [0.3, 0.4) is 0 Å². The number of sulfonamides is 1. The van der Waals surface area contributed by atoms with Gasteiger partial charge in [-0.25, -0.2) is 13.1 Å². The van der Waals surface area contributed by atoms with Gasteiger partial charge in [-0.05, 0) is 61.4 Å². The molecule has 1 amide bonds. The summed E-state index contributed by atoms with van der Waals surface area (Å²) in [6.07, 6.45) is 8.22. The second kappa shape index (κ2) is 10.8. The fourth-order valence-corrected chi connectivity index (χ4v) is 7.06. The van der Waals surface area contributed by atoms with Crippen molar-refractivity contribution in [2.75, 3.05) is 6.54 Å². The molecule has 1 aromatic carbocycles. The van der Waals surface area contributed by atoms with Crippen molar-refractivity contribution in [1.82, 2.24) is 14.6 Å². The molecule has 1 saturated carbocycles. The zero-order valence-electron chi connectivity index (χ0n) is 20.7. The number of rotatable bonds is 10.